The maximum atomic E-state index is 13.0. The number of nitrogens with zero attached hydrogens (tertiary/aromatic N) is 1. The van der Waals surface area contributed by atoms with Crippen LogP contribution in [0.2, 0.25) is 0 Å². The maximum Gasteiger partial charge on any atom is 0.277 e. The maximum absolute atomic E-state index is 13.0. The Morgan fingerprint density at radius 2 is 1.88 bits per heavy atom. The van der Waals surface area contributed by atoms with Crippen molar-refractivity contribution in [1.82, 2.24) is 9.97 Å². The second-order valence-electron chi connectivity index (χ2n) is 6.50. The number of carbonyl (C=O) groups is 2. The first-order chi connectivity index (χ1) is 15.4. The number of nitrogens with two attached hydrogens (primary N) is 1. The molecule has 2 amide bonds. The molecule has 164 valence electrons. The van der Waals surface area contributed by atoms with Gasteiger partial charge in [0.15, 0.2) is 22.5 Å². The summed E-state index contributed by atoms with van der Waals surface area (Å²) in [7, 11) is 0. The third kappa shape index (κ3) is 4.81. The van der Waals surface area contributed by atoms with E-state index in [0.717, 1.165) is 23.9 Å². The molecule has 3 aromatic rings. The van der Waals surface area contributed by atoms with E-state index in [1.807, 2.05) is 0 Å². The van der Waals surface area contributed by atoms with Crippen molar-refractivity contribution in [3.05, 3.63) is 64.2 Å². The van der Waals surface area contributed by atoms with Crippen molar-refractivity contribution in [3.63, 3.8) is 0 Å². The van der Waals surface area contributed by atoms with Crippen molar-refractivity contribution in [3.8, 4) is 11.5 Å². The standard InChI is InChI=1S/C20H16FN5O5S/c21-11-3-1-10(2-4-11)18(28)24-16-17(22)25-20(26-19(16)29)32-8-15(27)23-12-5-6-13-14(7-12)31-9-30-13/h1-7H,8-9H2,(H,23,27)(H,24,28)(H3,22,25,26,29). The van der Waals surface area contributed by atoms with E-state index in [0.29, 0.717) is 17.2 Å². The number of nitrogens with one attached hydrogen (secondary N) is 3. The Hall–Kier alpha value is -4.06. The highest BCUT2D eigenvalue weighted by atomic mass is 32.2. The van der Waals surface area contributed by atoms with Crippen LogP contribution < -0.4 is 31.4 Å². The molecule has 2 heterocycles. The minimum atomic E-state index is -0.688. The molecule has 1 aromatic heterocycles. The first kappa shape index (κ1) is 21.2. The van der Waals surface area contributed by atoms with Gasteiger partial charge in [-0.05, 0) is 36.4 Å². The fraction of sp³-hybridized carbons (Fsp3) is 0.100. The molecule has 5 N–H and O–H groups in total. The van der Waals surface area contributed by atoms with Crippen molar-refractivity contribution < 1.29 is 23.5 Å². The minimum Gasteiger partial charge on any atom is -0.454 e. The molecule has 4 rings (SSSR count). The molecule has 0 saturated carbocycles. The number of aromatic amines is 1. The monoisotopic (exact) mass is 457 g/mol. The highest BCUT2D eigenvalue weighted by molar-refractivity contribution is 7.99. The average molecular weight is 457 g/mol. The molecule has 0 fully saturated rings. The molecule has 0 atom stereocenters. The van der Waals surface area contributed by atoms with E-state index < -0.39 is 17.3 Å². The van der Waals surface area contributed by atoms with Crippen LogP contribution >= 0.6 is 11.8 Å². The number of halogens is 1. The number of carbonyl (C=O) groups excluding carboxylic acids is 2. The van der Waals surface area contributed by atoms with Crippen LogP contribution in [0.15, 0.2) is 52.4 Å². The second kappa shape index (κ2) is 8.98. The first-order valence-electron chi connectivity index (χ1n) is 9.18. The van der Waals surface area contributed by atoms with Gasteiger partial charge in [0, 0.05) is 17.3 Å². The third-order valence-electron chi connectivity index (χ3n) is 4.27. The number of hydrogen-bond acceptors (Lipinski definition) is 8. The van der Waals surface area contributed by atoms with Gasteiger partial charge in [0.05, 0.1) is 5.75 Å². The van der Waals surface area contributed by atoms with Crippen LogP contribution in [0.3, 0.4) is 0 Å². The predicted molar refractivity (Wildman–Crippen MR) is 116 cm³/mol. The molecule has 1 aliphatic rings. The summed E-state index contributed by atoms with van der Waals surface area (Å²) >= 11 is 0.958. The molecule has 0 unspecified atom stereocenters. The summed E-state index contributed by atoms with van der Waals surface area (Å²) < 4.78 is 23.5. The van der Waals surface area contributed by atoms with Crippen LogP contribution in [0.5, 0.6) is 11.5 Å². The Bertz CT molecular complexity index is 1250. The molecular formula is C20H16FN5O5S. The van der Waals surface area contributed by atoms with E-state index in [2.05, 4.69) is 20.6 Å². The molecular weight excluding hydrogens is 441 g/mol. The Labute approximate surface area is 184 Å². The number of amides is 2. The number of benzene rings is 2. The van der Waals surface area contributed by atoms with Gasteiger partial charge in [0.25, 0.3) is 11.5 Å². The zero-order valence-corrected chi connectivity index (χ0v) is 17.1. The first-order valence-corrected chi connectivity index (χ1v) is 10.2. The number of fused-ring (bicyclic) bond motifs is 1. The summed E-state index contributed by atoms with van der Waals surface area (Å²) in [5.41, 5.74) is 5.55. The van der Waals surface area contributed by atoms with E-state index in [1.165, 1.54) is 12.1 Å². The molecule has 0 bridgehead atoms. The van der Waals surface area contributed by atoms with Crippen LogP contribution in [-0.4, -0.2) is 34.3 Å². The van der Waals surface area contributed by atoms with Gasteiger partial charge in [0.1, 0.15) is 11.5 Å². The fourth-order valence-electron chi connectivity index (χ4n) is 2.75. The quantitative estimate of drug-likeness (QED) is 0.325. The van der Waals surface area contributed by atoms with Gasteiger partial charge >= 0.3 is 0 Å². The Kier molecular flexibility index (Phi) is 5.94. The topological polar surface area (TPSA) is 148 Å². The van der Waals surface area contributed by atoms with Gasteiger partial charge in [-0.1, -0.05) is 11.8 Å². The molecule has 12 heteroatoms. The molecule has 0 saturated heterocycles. The number of aromatic nitrogens is 2. The van der Waals surface area contributed by atoms with Gasteiger partial charge in [-0.2, -0.15) is 0 Å². The molecule has 32 heavy (non-hydrogen) atoms. The van der Waals surface area contributed by atoms with E-state index in [1.54, 1.807) is 18.2 Å². The summed E-state index contributed by atoms with van der Waals surface area (Å²) in [6.45, 7) is 0.128. The summed E-state index contributed by atoms with van der Waals surface area (Å²) in [6, 6.07) is 9.78. The Morgan fingerprint density at radius 3 is 2.62 bits per heavy atom. The lowest BCUT2D eigenvalue weighted by molar-refractivity contribution is -0.113. The molecule has 2 aromatic carbocycles. The molecule has 0 spiro atoms. The number of anilines is 3. The summed E-state index contributed by atoms with van der Waals surface area (Å²) in [5, 5.41) is 5.16. The number of thioether (sulfide) groups is 1. The number of hydrogen-bond donors (Lipinski definition) is 4. The SMILES string of the molecule is Nc1nc(SCC(=O)Nc2ccc3c(c2)OCO3)[nH]c(=O)c1NC(=O)c1ccc(F)cc1. The van der Waals surface area contributed by atoms with Crippen LogP contribution in [0.4, 0.5) is 21.6 Å². The van der Waals surface area contributed by atoms with Crippen LogP contribution in [0.1, 0.15) is 10.4 Å². The normalized spacial score (nSPS) is 11.8. The lowest BCUT2D eigenvalue weighted by Gasteiger charge is -2.09. The van der Waals surface area contributed by atoms with Crippen molar-refractivity contribution in [2.75, 3.05) is 28.9 Å². The summed E-state index contributed by atoms with van der Waals surface area (Å²) in [5.74, 6) is -0.629. The van der Waals surface area contributed by atoms with Crippen LogP contribution in [0, 0.1) is 5.82 Å². The highest BCUT2D eigenvalue weighted by Crippen LogP contribution is 2.34. The largest absolute Gasteiger partial charge is 0.454 e. The lowest BCUT2D eigenvalue weighted by atomic mass is 10.2. The molecule has 10 nitrogen and oxygen atoms in total. The molecule has 1 aliphatic heterocycles. The average Bonchev–Trinajstić information content (AvgIpc) is 3.23. The van der Waals surface area contributed by atoms with Gasteiger partial charge in [-0.25, -0.2) is 9.37 Å². The van der Waals surface area contributed by atoms with Crippen molar-refractivity contribution >= 4 is 40.8 Å². The highest BCUT2D eigenvalue weighted by Gasteiger charge is 2.16. The Balaban J connectivity index is 1.37. The Morgan fingerprint density at radius 1 is 1.12 bits per heavy atom. The van der Waals surface area contributed by atoms with Crippen LogP contribution in [0.25, 0.3) is 0 Å². The smallest absolute Gasteiger partial charge is 0.277 e. The lowest BCUT2D eigenvalue weighted by Crippen LogP contribution is -2.23. The van der Waals surface area contributed by atoms with Gasteiger partial charge in [-0.3, -0.25) is 19.4 Å². The van der Waals surface area contributed by atoms with Gasteiger partial charge < -0.3 is 25.8 Å². The predicted octanol–water partition coefficient (Wildman–Crippen LogP) is 2.20. The molecule has 0 aliphatic carbocycles. The number of ether oxygens (including phenoxy) is 2. The van der Waals surface area contributed by atoms with E-state index in [4.69, 9.17) is 15.2 Å². The van der Waals surface area contributed by atoms with Gasteiger partial charge in [-0.15, -0.1) is 0 Å². The zero-order valence-electron chi connectivity index (χ0n) is 16.3. The number of nitrogen functional groups attached to an aromatic ring is 1. The van der Waals surface area contributed by atoms with E-state index in [-0.39, 0.29) is 40.7 Å². The minimum absolute atomic E-state index is 0.0574. The van der Waals surface area contributed by atoms with Gasteiger partial charge in [0.2, 0.25) is 12.7 Å². The molecule has 0 radical (unpaired) electrons. The van der Waals surface area contributed by atoms with Crippen molar-refractivity contribution in [2.45, 2.75) is 5.16 Å². The number of rotatable bonds is 6. The summed E-state index contributed by atoms with van der Waals surface area (Å²) in [6.07, 6.45) is 0. The zero-order chi connectivity index (χ0) is 22.7. The second-order valence-corrected chi connectivity index (χ2v) is 7.46. The van der Waals surface area contributed by atoms with E-state index >= 15 is 0 Å². The van der Waals surface area contributed by atoms with Crippen molar-refractivity contribution in [2.24, 2.45) is 0 Å². The number of H-pyrrole nitrogens is 1. The van der Waals surface area contributed by atoms with E-state index in [9.17, 15) is 18.8 Å². The van der Waals surface area contributed by atoms with Crippen LogP contribution in [-0.2, 0) is 4.79 Å². The van der Waals surface area contributed by atoms with Crippen molar-refractivity contribution in [1.29, 1.82) is 0 Å². The fourth-order valence-corrected chi connectivity index (χ4v) is 3.42. The summed E-state index contributed by atoms with van der Waals surface area (Å²) in [4.78, 5) is 43.3. The third-order valence-corrected chi connectivity index (χ3v) is 5.14.